The minimum absolute atomic E-state index is 0.152. The fourth-order valence-corrected chi connectivity index (χ4v) is 1.33. The number of hydrogen-bond acceptors (Lipinski definition) is 2. The fraction of sp³-hybridized carbons (Fsp3) is 1.00. The number of unbranched alkanes of at least 4 members (excludes halogenated alkanes) is 1. The first-order valence-electron chi connectivity index (χ1n) is 4.22. The molecular weight excluding hydrogens is 159 g/mol. The molecule has 0 radical (unpaired) electrons. The number of hydrogen-bond donors (Lipinski definition) is 0. The Morgan fingerprint density at radius 2 is 2.00 bits per heavy atom. The molecule has 68 valence electrons. The summed E-state index contributed by atoms with van der Waals surface area (Å²) in [7, 11) is -2.29. The summed E-state index contributed by atoms with van der Waals surface area (Å²) in [5.41, 5.74) is 0.152. The predicted molar refractivity (Wildman–Crippen MR) is 49.5 cm³/mol. The van der Waals surface area contributed by atoms with Crippen LogP contribution in [0.4, 0.5) is 0 Å². The molecule has 3 heteroatoms. The van der Waals surface area contributed by atoms with Crippen LogP contribution in [0.3, 0.4) is 0 Å². The zero-order chi connectivity index (χ0) is 8.91. The van der Waals surface area contributed by atoms with Gasteiger partial charge >= 0.3 is 0 Å². The van der Waals surface area contributed by atoms with E-state index in [1.165, 1.54) is 0 Å². The lowest BCUT2D eigenvalue weighted by atomic mass is 10.4. The zero-order valence-electron chi connectivity index (χ0n) is 7.96. The molecule has 0 saturated heterocycles. The summed E-state index contributed by atoms with van der Waals surface area (Å²) in [6.07, 6.45) is 2.10. The van der Waals surface area contributed by atoms with Crippen LogP contribution in [-0.2, 0) is 9.09 Å². The Labute approximate surface area is 69.8 Å². The summed E-state index contributed by atoms with van der Waals surface area (Å²) in [5, 5.41) is 0. The molecule has 0 N–H and O–H groups in total. The molecule has 11 heavy (non-hydrogen) atoms. The van der Waals surface area contributed by atoms with Crippen LogP contribution in [0.15, 0.2) is 0 Å². The molecular formula is C8H19O2P. The van der Waals surface area contributed by atoms with Crippen molar-refractivity contribution in [2.24, 2.45) is 0 Å². The van der Waals surface area contributed by atoms with Crippen LogP contribution in [0.1, 0.15) is 33.6 Å². The van der Waals surface area contributed by atoms with Gasteiger partial charge in [-0.2, -0.15) is 0 Å². The lowest BCUT2D eigenvalue weighted by Gasteiger charge is -2.16. The first-order chi connectivity index (χ1) is 5.00. The summed E-state index contributed by atoms with van der Waals surface area (Å²) < 4.78 is 16.9. The van der Waals surface area contributed by atoms with Crippen LogP contribution >= 0.6 is 7.37 Å². The number of rotatable bonds is 5. The standard InChI is InChI=1S/C8H19O2P/c1-5-6-7-10-11(4,9)8(2)3/h8H,5-7H2,1-4H3. The average Bonchev–Trinajstić information content (AvgIpc) is 1.88. The minimum atomic E-state index is -2.29. The summed E-state index contributed by atoms with van der Waals surface area (Å²) in [6, 6.07) is 0. The molecule has 0 aromatic carbocycles. The molecule has 0 heterocycles. The molecule has 0 aliphatic heterocycles. The molecule has 0 spiro atoms. The van der Waals surface area contributed by atoms with E-state index in [-0.39, 0.29) is 5.66 Å². The van der Waals surface area contributed by atoms with Gasteiger partial charge in [-0.25, -0.2) is 0 Å². The van der Waals surface area contributed by atoms with E-state index in [1.807, 2.05) is 13.8 Å². The molecule has 1 atom stereocenters. The van der Waals surface area contributed by atoms with E-state index in [1.54, 1.807) is 6.66 Å². The normalized spacial score (nSPS) is 16.8. The van der Waals surface area contributed by atoms with Gasteiger partial charge < -0.3 is 4.52 Å². The molecule has 0 bridgehead atoms. The Hall–Kier alpha value is 0.190. The lowest BCUT2D eigenvalue weighted by molar-refractivity contribution is 0.305. The first kappa shape index (κ1) is 11.2. The van der Waals surface area contributed by atoms with Crippen molar-refractivity contribution in [1.29, 1.82) is 0 Å². The molecule has 0 aliphatic carbocycles. The van der Waals surface area contributed by atoms with Crippen molar-refractivity contribution in [3.05, 3.63) is 0 Å². The van der Waals surface area contributed by atoms with Crippen LogP contribution in [0.25, 0.3) is 0 Å². The van der Waals surface area contributed by atoms with Gasteiger partial charge in [0, 0.05) is 12.3 Å². The molecule has 0 rings (SSSR count). The van der Waals surface area contributed by atoms with Crippen molar-refractivity contribution in [2.75, 3.05) is 13.3 Å². The van der Waals surface area contributed by atoms with Crippen LogP contribution < -0.4 is 0 Å². The van der Waals surface area contributed by atoms with E-state index in [0.717, 1.165) is 12.8 Å². The van der Waals surface area contributed by atoms with Gasteiger partial charge in [-0.05, 0) is 6.42 Å². The molecule has 0 saturated carbocycles. The van der Waals surface area contributed by atoms with Crippen LogP contribution in [-0.4, -0.2) is 18.9 Å². The van der Waals surface area contributed by atoms with Crippen LogP contribution in [0.5, 0.6) is 0 Å². The largest absolute Gasteiger partial charge is 0.328 e. The maximum Gasteiger partial charge on any atom is 0.202 e. The second-order valence-electron chi connectivity index (χ2n) is 3.19. The molecule has 0 aromatic rings. The van der Waals surface area contributed by atoms with Crippen molar-refractivity contribution in [3.8, 4) is 0 Å². The maximum absolute atomic E-state index is 11.6. The lowest BCUT2D eigenvalue weighted by Crippen LogP contribution is -2.01. The van der Waals surface area contributed by atoms with E-state index in [0.29, 0.717) is 6.61 Å². The molecule has 0 fully saturated rings. The predicted octanol–water partition coefficient (Wildman–Crippen LogP) is 3.12. The van der Waals surface area contributed by atoms with Crippen molar-refractivity contribution < 1.29 is 9.09 Å². The van der Waals surface area contributed by atoms with Crippen LogP contribution in [0, 0.1) is 0 Å². The van der Waals surface area contributed by atoms with Gasteiger partial charge in [0.25, 0.3) is 0 Å². The highest BCUT2D eigenvalue weighted by Gasteiger charge is 2.19. The van der Waals surface area contributed by atoms with Gasteiger partial charge in [-0.1, -0.05) is 27.2 Å². The highest BCUT2D eigenvalue weighted by Crippen LogP contribution is 2.47. The molecule has 1 unspecified atom stereocenters. The highest BCUT2D eigenvalue weighted by atomic mass is 31.2. The van der Waals surface area contributed by atoms with E-state index in [2.05, 4.69) is 6.92 Å². The molecule has 0 amide bonds. The Morgan fingerprint density at radius 1 is 1.45 bits per heavy atom. The smallest absolute Gasteiger partial charge is 0.202 e. The summed E-state index contributed by atoms with van der Waals surface area (Å²) in [5.74, 6) is 0. The Morgan fingerprint density at radius 3 is 2.36 bits per heavy atom. The average molecular weight is 178 g/mol. The zero-order valence-corrected chi connectivity index (χ0v) is 8.86. The SMILES string of the molecule is CCCCOP(C)(=O)C(C)C. The Kier molecular flexibility index (Phi) is 5.03. The topological polar surface area (TPSA) is 26.3 Å². The summed E-state index contributed by atoms with van der Waals surface area (Å²) >= 11 is 0. The minimum Gasteiger partial charge on any atom is -0.328 e. The third-order valence-electron chi connectivity index (χ3n) is 1.78. The van der Waals surface area contributed by atoms with Gasteiger partial charge in [0.05, 0.1) is 6.61 Å². The van der Waals surface area contributed by atoms with E-state index >= 15 is 0 Å². The quantitative estimate of drug-likeness (QED) is 0.477. The third kappa shape index (κ3) is 4.60. The maximum atomic E-state index is 11.6. The van der Waals surface area contributed by atoms with E-state index in [9.17, 15) is 4.57 Å². The first-order valence-corrected chi connectivity index (χ1v) is 6.36. The monoisotopic (exact) mass is 178 g/mol. The second-order valence-corrected chi connectivity index (χ2v) is 6.30. The molecule has 0 aliphatic rings. The van der Waals surface area contributed by atoms with Crippen molar-refractivity contribution in [3.63, 3.8) is 0 Å². The summed E-state index contributed by atoms with van der Waals surface area (Å²) in [4.78, 5) is 0. The third-order valence-corrected chi connectivity index (χ3v) is 4.35. The van der Waals surface area contributed by atoms with E-state index < -0.39 is 7.37 Å². The van der Waals surface area contributed by atoms with Gasteiger partial charge in [0.1, 0.15) is 0 Å². The molecule has 0 aromatic heterocycles. The Balaban J connectivity index is 3.65. The van der Waals surface area contributed by atoms with Crippen molar-refractivity contribution in [1.82, 2.24) is 0 Å². The highest BCUT2D eigenvalue weighted by molar-refractivity contribution is 7.58. The van der Waals surface area contributed by atoms with Crippen molar-refractivity contribution in [2.45, 2.75) is 39.3 Å². The van der Waals surface area contributed by atoms with Gasteiger partial charge in [-0.3, -0.25) is 4.57 Å². The second kappa shape index (κ2) is 4.95. The van der Waals surface area contributed by atoms with Crippen LogP contribution in [0.2, 0.25) is 0 Å². The fourth-order valence-electron chi connectivity index (χ4n) is 0.539. The van der Waals surface area contributed by atoms with Gasteiger partial charge in [0.2, 0.25) is 7.37 Å². The summed E-state index contributed by atoms with van der Waals surface area (Å²) in [6.45, 7) is 8.33. The van der Waals surface area contributed by atoms with Crippen molar-refractivity contribution >= 4 is 7.37 Å². The van der Waals surface area contributed by atoms with Gasteiger partial charge in [-0.15, -0.1) is 0 Å². The van der Waals surface area contributed by atoms with E-state index in [4.69, 9.17) is 4.52 Å². The van der Waals surface area contributed by atoms with Gasteiger partial charge in [0.15, 0.2) is 0 Å². The molecule has 2 nitrogen and oxygen atoms in total. The Bertz CT molecular complexity index is 143.